The zero-order chi connectivity index (χ0) is 15.6. The second-order valence-corrected chi connectivity index (χ2v) is 5.07. The van der Waals surface area contributed by atoms with Crippen LogP contribution in [-0.2, 0) is 4.79 Å². The molecule has 0 saturated heterocycles. The van der Waals surface area contributed by atoms with Crippen LogP contribution < -0.4 is 10.1 Å². The summed E-state index contributed by atoms with van der Waals surface area (Å²) in [6, 6.07) is 3.77. The first kappa shape index (κ1) is 15.0. The molecule has 0 fully saturated rings. The van der Waals surface area contributed by atoms with Crippen molar-refractivity contribution in [3.63, 3.8) is 0 Å². The average Bonchev–Trinajstić information content (AvgIpc) is 2.43. The van der Waals surface area contributed by atoms with Crippen LogP contribution in [0.2, 0.25) is 0 Å². The number of ether oxygens (including phenoxy) is 1. The molecule has 1 heterocycles. The number of pyridine rings is 1. The topological polar surface area (TPSA) is 71.5 Å². The molecule has 2 rings (SSSR count). The van der Waals surface area contributed by atoms with Gasteiger partial charge in [0.1, 0.15) is 11.9 Å². The van der Waals surface area contributed by atoms with E-state index in [1.165, 1.54) is 13.2 Å². The number of hydrogen-bond acceptors (Lipinski definition) is 4. The lowest BCUT2D eigenvalue weighted by Gasteiger charge is -2.19. The van der Waals surface area contributed by atoms with E-state index in [9.17, 15) is 14.3 Å². The molecule has 5 nitrogen and oxygen atoms in total. The van der Waals surface area contributed by atoms with Crippen molar-refractivity contribution in [3.8, 4) is 5.75 Å². The highest BCUT2D eigenvalue weighted by atomic mass is 19.1. The fourth-order valence-electron chi connectivity index (χ4n) is 2.11. The quantitative estimate of drug-likeness (QED) is 0.886. The summed E-state index contributed by atoms with van der Waals surface area (Å²) < 4.78 is 18.8. The number of benzene rings is 1. The SMILES string of the molecule is COc1cc2ccnc(N[C@H](C(=O)O)C(C)C)c2cc1F. The number of rotatable bonds is 5. The van der Waals surface area contributed by atoms with Gasteiger partial charge in [-0.15, -0.1) is 0 Å². The van der Waals surface area contributed by atoms with Crippen LogP contribution in [0.5, 0.6) is 5.75 Å². The van der Waals surface area contributed by atoms with Gasteiger partial charge in [-0.2, -0.15) is 0 Å². The van der Waals surface area contributed by atoms with Gasteiger partial charge in [-0.3, -0.25) is 0 Å². The van der Waals surface area contributed by atoms with Gasteiger partial charge in [-0.1, -0.05) is 13.8 Å². The predicted octanol–water partition coefficient (Wildman–Crippen LogP) is 2.90. The zero-order valence-electron chi connectivity index (χ0n) is 12.1. The minimum absolute atomic E-state index is 0.136. The Balaban J connectivity index is 2.49. The lowest BCUT2D eigenvalue weighted by atomic mass is 10.0. The van der Waals surface area contributed by atoms with E-state index in [0.717, 1.165) is 5.39 Å². The van der Waals surface area contributed by atoms with Gasteiger partial charge >= 0.3 is 5.97 Å². The van der Waals surface area contributed by atoms with Crippen LogP contribution in [-0.4, -0.2) is 29.2 Å². The summed E-state index contributed by atoms with van der Waals surface area (Å²) in [5, 5.41) is 13.3. The van der Waals surface area contributed by atoms with Gasteiger partial charge in [-0.05, 0) is 29.5 Å². The monoisotopic (exact) mass is 292 g/mol. The minimum Gasteiger partial charge on any atom is -0.494 e. The Kier molecular flexibility index (Phi) is 4.26. The molecule has 2 aromatic rings. The van der Waals surface area contributed by atoms with E-state index < -0.39 is 17.8 Å². The van der Waals surface area contributed by atoms with Crippen LogP contribution in [0.15, 0.2) is 24.4 Å². The standard InChI is InChI=1S/C15H17FN2O3/c1-8(2)13(15(19)20)18-14-10-7-11(16)12(21-3)6-9(10)4-5-17-14/h4-8,13H,1-3H3,(H,17,18)(H,19,20)/t13-/m0/s1. The van der Waals surface area contributed by atoms with Crippen LogP contribution in [0, 0.1) is 11.7 Å². The maximum Gasteiger partial charge on any atom is 0.326 e. The Morgan fingerprint density at radius 2 is 2.14 bits per heavy atom. The van der Waals surface area contributed by atoms with Crippen molar-refractivity contribution in [2.75, 3.05) is 12.4 Å². The Morgan fingerprint density at radius 1 is 1.43 bits per heavy atom. The van der Waals surface area contributed by atoms with Gasteiger partial charge in [0, 0.05) is 11.6 Å². The first-order chi connectivity index (χ1) is 9.93. The van der Waals surface area contributed by atoms with E-state index in [2.05, 4.69) is 10.3 Å². The highest BCUT2D eigenvalue weighted by Crippen LogP contribution is 2.29. The number of nitrogens with one attached hydrogen (secondary N) is 1. The molecule has 21 heavy (non-hydrogen) atoms. The van der Waals surface area contributed by atoms with E-state index in [-0.39, 0.29) is 11.7 Å². The number of aromatic nitrogens is 1. The normalized spacial score (nSPS) is 12.4. The van der Waals surface area contributed by atoms with Gasteiger partial charge < -0.3 is 15.2 Å². The van der Waals surface area contributed by atoms with E-state index >= 15 is 0 Å². The first-order valence-corrected chi connectivity index (χ1v) is 6.55. The predicted molar refractivity (Wildman–Crippen MR) is 78.1 cm³/mol. The first-order valence-electron chi connectivity index (χ1n) is 6.55. The second kappa shape index (κ2) is 5.95. The largest absolute Gasteiger partial charge is 0.494 e. The highest BCUT2D eigenvalue weighted by molar-refractivity contribution is 5.94. The summed E-state index contributed by atoms with van der Waals surface area (Å²) in [5.74, 6) is -1.15. The Morgan fingerprint density at radius 3 is 2.71 bits per heavy atom. The van der Waals surface area contributed by atoms with Crippen LogP contribution in [0.25, 0.3) is 10.8 Å². The molecule has 1 aromatic carbocycles. The van der Waals surface area contributed by atoms with Crippen LogP contribution >= 0.6 is 0 Å². The number of anilines is 1. The molecule has 0 aliphatic carbocycles. The lowest BCUT2D eigenvalue weighted by Crippen LogP contribution is -2.34. The molecule has 0 amide bonds. The molecule has 0 aliphatic heterocycles. The molecule has 0 unspecified atom stereocenters. The number of nitrogens with zero attached hydrogens (tertiary/aromatic N) is 1. The van der Waals surface area contributed by atoms with Crippen LogP contribution in [0.4, 0.5) is 10.2 Å². The summed E-state index contributed by atoms with van der Waals surface area (Å²) >= 11 is 0. The fraction of sp³-hybridized carbons (Fsp3) is 0.333. The van der Waals surface area contributed by atoms with Crippen molar-refractivity contribution in [1.29, 1.82) is 0 Å². The van der Waals surface area contributed by atoms with Crippen LogP contribution in [0.1, 0.15) is 13.8 Å². The van der Waals surface area contributed by atoms with Gasteiger partial charge in [0.25, 0.3) is 0 Å². The van der Waals surface area contributed by atoms with Gasteiger partial charge in [0.05, 0.1) is 7.11 Å². The van der Waals surface area contributed by atoms with Crippen molar-refractivity contribution in [1.82, 2.24) is 4.98 Å². The number of methoxy groups -OCH3 is 1. The smallest absolute Gasteiger partial charge is 0.326 e. The number of aliphatic carboxylic acids is 1. The minimum atomic E-state index is -0.974. The number of halogens is 1. The molecule has 0 spiro atoms. The molecular weight excluding hydrogens is 275 g/mol. The number of fused-ring (bicyclic) bond motifs is 1. The number of carbonyl (C=O) groups is 1. The van der Waals surface area contributed by atoms with E-state index in [1.54, 1.807) is 32.2 Å². The van der Waals surface area contributed by atoms with Crippen molar-refractivity contribution in [2.45, 2.75) is 19.9 Å². The van der Waals surface area contributed by atoms with Crippen molar-refractivity contribution < 1.29 is 19.0 Å². The molecule has 0 aliphatic rings. The maximum absolute atomic E-state index is 13.9. The number of carboxylic acid groups (broad SMARTS) is 1. The van der Waals surface area contributed by atoms with Crippen molar-refractivity contribution in [2.24, 2.45) is 5.92 Å². The second-order valence-electron chi connectivity index (χ2n) is 5.07. The summed E-state index contributed by atoms with van der Waals surface area (Å²) in [6.45, 7) is 3.58. The van der Waals surface area contributed by atoms with Crippen molar-refractivity contribution in [3.05, 3.63) is 30.2 Å². The molecule has 112 valence electrons. The molecule has 6 heteroatoms. The maximum atomic E-state index is 13.9. The summed E-state index contributed by atoms with van der Waals surface area (Å²) in [5.41, 5.74) is 0. The van der Waals surface area contributed by atoms with Crippen molar-refractivity contribution >= 4 is 22.6 Å². The van der Waals surface area contributed by atoms with E-state index in [4.69, 9.17) is 4.74 Å². The number of hydrogen-bond donors (Lipinski definition) is 2. The third-order valence-corrected chi connectivity index (χ3v) is 3.26. The molecule has 0 saturated carbocycles. The molecule has 0 bridgehead atoms. The Labute approximate surface area is 121 Å². The molecule has 1 aromatic heterocycles. The van der Waals surface area contributed by atoms with E-state index in [0.29, 0.717) is 11.2 Å². The highest BCUT2D eigenvalue weighted by Gasteiger charge is 2.22. The molecular formula is C15H17FN2O3. The summed E-state index contributed by atoms with van der Waals surface area (Å²) in [4.78, 5) is 15.4. The van der Waals surface area contributed by atoms with Gasteiger partial charge in [0.15, 0.2) is 11.6 Å². The third-order valence-electron chi connectivity index (χ3n) is 3.26. The lowest BCUT2D eigenvalue weighted by molar-refractivity contribution is -0.138. The summed E-state index contributed by atoms with van der Waals surface area (Å²) in [7, 11) is 1.39. The number of carboxylic acids is 1. The Bertz CT molecular complexity index is 673. The molecule has 2 N–H and O–H groups in total. The molecule has 0 radical (unpaired) electrons. The van der Waals surface area contributed by atoms with E-state index in [1.807, 2.05) is 0 Å². The van der Waals surface area contributed by atoms with Crippen LogP contribution in [0.3, 0.4) is 0 Å². The molecule has 1 atom stereocenters. The van der Waals surface area contributed by atoms with Gasteiger partial charge in [0.2, 0.25) is 0 Å². The average molecular weight is 292 g/mol. The summed E-state index contributed by atoms with van der Waals surface area (Å²) in [6.07, 6.45) is 1.54. The third kappa shape index (κ3) is 3.04. The Hall–Kier alpha value is -2.37. The fourth-order valence-corrected chi connectivity index (χ4v) is 2.11. The zero-order valence-corrected chi connectivity index (χ0v) is 12.1. The van der Waals surface area contributed by atoms with Gasteiger partial charge in [-0.25, -0.2) is 14.2 Å².